The van der Waals surface area contributed by atoms with E-state index in [0.717, 1.165) is 59.3 Å². The van der Waals surface area contributed by atoms with Gasteiger partial charge in [0.1, 0.15) is 0 Å². The molecule has 0 unspecified atom stereocenters. The molecule has 5 rings (SSSR count). The number of carbonyl (C=O) groups is 2. The van der Waals surface area contributed by atoms with Crippen LogP contribution in [0.3, 0.4) is 0 Å². The number of aliphatic hydroxyl groups excluding tert-OH is 2. The summed E-state index contributed by atoms with van der Waals surface area (Å²) < 4.78 is 13.1. The monoisotopic (exact) mass is 631 g/mol. The van der Waals surface area contributed by atoms with E-state index in [1.165, 1.54) is 0 Å². The van der Waals surface area contributed by atoms with Gasteiger partial charge in [-0.05, 0) is 59.2 Å². The fraction of sp³-hybridized carbons (Fsp3) is 0.444. The number of likely N-dealkylation sites (tertiary alicyclic amines) is 1. The van der Waals surface area contributed by atoms with Gasteiger partial charge in [-0.3, -0.25) is 19.7 Å². The molecule has 2 heterocycles. The number of hydrogen-bond donors (Lipinski definition) is 5. The maximum Gasteiger partial charge on any atom is 0.243 e. The third-order valence-corrected chi connectivity index (χ3v) is 8.67. The van der Waals surface area contributed by atoms with E-state index in [1.807, 2.05) is 54.6 Å². The number of aliphatic hydroxyl groups is 2. The van der Waals surface area contributed by atoms with Gasteiger partial charge in [-0.1, -0.05) is 67.1 Å². The topological polar surface area (TPSA) is 141 Å². The molecule has 10 heteroatoms. The molecule has 0 radical (unpaired) electrons. The maximum absolute atomic E-state index is 12.4. The van der Waals surface area contributed by atoms with Crippen LogP contribution >= 0.6 is 0 Å². The highest BCUT2D eigenvalue weighted by atomic mass is 16.7. The molecule has 46 heavy (non-hydrogen) atoms. The van der Waals surface area contributed by atoms with Crippen molar-refractivity contribution in [2.75, 3.05) is 19.6 Å². The van der Waals surface area contributed by atoms with Crippen molar-refractivity contribution in [3.05, 3.63) is 95.1 Å². The molecule has 10 nitrogen and oxygen atoms in total. The Morgan fingerprint density at radius 1 is 0.848 bits per heavy atom. The molecule has 2 fully saturated rings. The first kappa shape index (κ1) is 33.7. The van der Waals surface area contributed by atoms with Crippen molar-refractivity contribution in [3.63, 3.8) is 0 Å². The molecule has 3 aromatic carbocycles. The third-order valence-electron chi connectivity index (χ3n) is 8.67. The summed E-state index contributed by atoms with van der Waals surface area (Å²) in [6.45, 7) is 2.63. The van der Waals surface area contributed by atoms with Crippen LogP contribution in [-0.2, 0) is 32.2 Å². The molecule has 0 aromatic heterocycles. The summed E-state index contributed by atoms with van der Waals surface area (Å²) in [5.41, 5.74) is 7.44. The maximum atomic E-state index is 12.4. The van der Waals surface area contributed by atoms with Crippen molar-refractivity contribution < 1.29 is 34.5 Å². The fourth-order valence-corrected chi connectivity index (χ4v) is 6.12. The zero-order chi connectivity index (χ0) is 32.3. The standard InChI is InChI=1S/C36H45N3O7/c40-24-25-12-14-27(15-13-25)33-20-32(23-39-17-16-31(41)22-39)45-36(46-33)30-9-5-8-29(19-30)28-7-4-6-26(18-28)21-37-34(42)10-2-1-3-11-35(43)38-44/h4-9,12-15,18-19,31-33,36,40-41,44H,1-3,10-11,16-17,20-24H2,(H,37,42)(H,38,43)/t31-,32-,33+,36+/m0/s1. The molecule has 0 aliphatic carbocycles. The number of benzene rings is 3. The minimum atomic E-state index is -0.575. The lowest BCUT2D eigenvalue weighted by Crippen LogP contribution is -2.38. The number of nitrogens with one attached hydrogen (secondary N) is 2. The number of amides is 2. The van der Waals surface area contributed by atoms with Gasteiger partial charge in [-0.15, -0.1) is 0 Å². The minimum Gasteiger partial charge on any atom is -0.392 e. The Morgan fingerprint density at radius 3 is 2.30 bits per heavy atom. The van der Waals surface area contributed by atoms with Crippen LogP contribution in [-0.4, -0.2) is 64.0 Å². The highest BCUT2D eigenvalue weighted by Crippen LogP contribution is 2.39. The zero-order valence-corrected chi connectivity index (χ0v) is 26.1. The molecular weight excluding hydrogens is 586 g/mol. The summed E-state index contributed by atoms with van der Waals surface area (Å²) >= 11 is 0. The minimum absolute atomic E-state index is 0.00708. The first-order valence-corrected chi connectivity index (χ1v) is 16.2. The number of ether oxygens (including phenoxy) is 2. The second-order valence-electron chi connectivity index (χ2n) is 12.3. The van der Waals surface area contributed by atoms with Crippen molar-refractivity contribution in [2.45, 2.75) is 82.7 Å². The Kier molecular flexibility index (Phi) is 12.3. The summed E-state index contributed by atoms with van der Waals surface area (Å²) in [5.74, 6) is -0.449. The Bertz CT molecular complexity index is 1430. The van der Waals surface area contributed by atoms with Gasteiger partial charge in [0.2, 0.25) is 11.8 Å². The van der Waals surface area contributed by atoms with Crippen LogP contribution in [0.25, 0.3) is 11.1 Å². The average Bonchev–Trinajstić information content (AvgIpc) is 3.51. The largest absolute Gasteiger partial charge is 0.392 e. The number of β-amino-alcohol motifs (C(OH)–C–C–N with tert-alkyl or cyclic N) is 1. The van der Waals surface area contributed by atoms with Gasteiger partial charge in [0.25, 0.3) is 0 Å². The summed E-state index contributed by atoms with van der Waals surface area (Å²) in [4.78, 5) is 25.7. The Hall–Kier alpha value is -3.64. The van der Waals surface area contributed by atoms with Gasteiger partial charge in [0.15, 0.2) is 6.29 Å². The Balaban J connectivity index is 1.23. The fourth-order valence-electron chi connectivity index (χ4n) is 6.12. The summed E-state index contributed by atoms with van der Waals surface area (Å²) in [5, 5.41) is 31.1. The van der Waals surface area contributed by atoms with Gasteiger partial charge >= 0.3 is 0 Å². The molecule has 0 saturated carbocycles. The second kappa shape index (κ2) is 16.8. The summed E-state index contributed by atoms with van der Waals surface area (Å²) in [6.07, 6.45) is 3.00. The van der Waals surface area contributed by atoms with Crippen LogP contribution in [0.2, 0.25) is 0 Å². The molecule has 2 aliphatic rings. The van der Waals surface area contributed by atoms with E-state index < -0.39 is 12.2 Å². The lowest BCUT2D eigenvalue weighted by Gasteiger charge is -2.38. The number of hydroxylamine groups is 1. The summed E-state index contributed by atoms with van der Waals surface area (Å²) in [6, 6.07) is 24.1. The van der Waals surface area contributed by atoms with Gasteiger partial charge in [0, 0.05) is 51.0 Å². The molecule has 0 bridgehead atoms. The number of unbranched alkanes of at least 4 members (excludes halogenated alkanes) is 2. The van der Waals surface area contributed by atoms with E-state index >= 15 is 0 Å². The lowest BCUT2D eigenvalue weighted by atomic mass is 9.98. The SMILES string of the molecule is O=C(CCCCCC(=O)NCc1cccc(-c2cccc([C@@H]3O[C@H](CN4CC[C@H](O)C4)C[C@H](c4ccc(CO)cc4)O3)c2)c1)NO. The molecular formula is C36H45N3O7. The smallest absolute Gasteiger partial charge is 0.243 e. The number of hydrogen-bond acceptors (Lipinski definition) is 8. The predicted octanol–water partition coefficient (Wildman–Crippen LogP) is 4.53. The van der Waals surface area contributed by atoms with E-state index in [9.17, 15) is 19.8 Å². The Labute approximate surface area is 270 Å². The molecule has 4 atom stereocenters. The van der Waals surface area contributed by atoms with Crippen LogP contribution < -0.4 is 10.8 Å². The Morgan fingerprint density at radius 2 is 1.59 bits per heavy atom. The molecule has 2 aliphatic heterocycles. The van der Waals surface area contributed by atoms with E-state index in [0.29, 0.717) is 38.8 Å². The first-order chi connectivity index (χ1) is 22.4. The van der Waals surface area contributed by atoms with Crippen molar-refractivity contribution >= 4 is 11.8 Å². The van der Waals surface area contributed by atoms with E-state index in [-0.39, 0.29) is 37.2 Å². The first-order valence-electron chi connectivity index (χ1n) is 16.2. The van der Waals surface area contributed by atoms with Crippen LogP contribution in [0, 0.1) is 0 Å². The van der Waals surface area contributed by atoms with Crippen molar-refractivity contribution in [3.8, 4) is 11.1 Å². The number of rotatable bonds is 14. The lowest BCUT2D eigenvalue weighted by molar-refractivity contribution is -0.252. The molecule has 3 aromatic rings. The van der Waals surface area contributed by atoms with Gasteiger partial charge in [-0.2, -0.15) is 0 Å². The van der Waals surface area contributed by atoms with Gasteiger partial charge in [0.05, 0.1) is 24.9 Å². The van der Waals surface area contributed by atoms with E-state index in [1.54, 1.807) is 5.48 Å². The summed E-state index contributed by atoms with van der Waals surface area (Å²) in [7, 11) is 0. The van der Waals surface area contributed by atoms with Crippen molar-refractivity contribution in [1.29, 1.82) is 0 Å². The average molecular weight is 632 g/mol. The molecule has 2 amide bonds. The van der Waals surface area contributed by atoms with Crippen molar-refractivity contribution in [1.82, 2.24) is 15.7 Å². The molecule has 5 N–H and O–H groups in total. The highest BCUT2D eigenvalue weighted by molar-refractivity contribution is 5.76. The predicted molar refractivity (Wildman–Crippen MR) is 172 cm³/mol. The van der Waals surface area contributed by atoms with E-state index in [2.05, 4.69) is 28.4 Å². The quantitative estimate of drug-likeness (QED) is 0.0994. The van der Waals surface area contributed by atoms with Crippen LogP contribution in [0.15, 0.2) is 72.8 Å². The number of nitrogens with zero attached hydrogens (tertiary/aromatic N) is 1. The second-order valence-corrected chi connectivity index (χ2v) is 12.3. The molecule has 2 saturated heterocycles. The highest BCUT2D eigenvalue weighted by Gasteiger charge is 2.34. The molecule has 0 spiro atoms. The normalized spacial score (nSPS) is 21.6. The molecule has 246 valence electrons. The zero-order valence-electron chi connectivity index (χ0n) is 26.1. The van der Waals surface area contributed by atoms with Crippen LogP contribution in [0.4, 0.5) is 0 Å². The third kappa shape index (κ3) is 9.68. The van der Waals surface area contributed by atoms with Crippen molar-refractivity contribution in [2.24, 2.45) is 0 Å². The van der Waals surface area contributed by atoms with Gasteiger partial charge < -0.3 is 25.0 Å². The van der Waals surface area contributed by atoms with Crippen LogP contribution in [0.5, 0.6) is 0 Å². The van der Waals surface area contributed by atoms with Gasteiger partial charge in [-0.25, -0.2) is 5.48 Å². The van der Waals surface area contributed by atoms with E-state index in [4.69, 9.17) is 14.7 Å². The number of carbonyl (C=O) groups excluding carboxylic acids is 2. The van der Waals surface area contributed by atoms with Crippen LogP contribution in [0.1, 0.15) is 79.6 Å².